The lowest BCUT2D eigenvalue weighted by Gasteiger charge is -2.08. The van der Waals surface area contributed by atoms with E-state index in [-0.39, 0.29) is 17.1 Å². The van der Waals surface area contributed by atoms with Crippen molar-refractivity contribution in [3.63, 3.8) is 0 Å². The molecule has 3 nitrogen and oxygen atoms in total. The number of ketones is 2. The van der Waals surface area contributed by atoms with E-state index in [1.54, 1.807) is 67.8 Å². The number of methoxy groups -OCH3 is 1. The first-order valence-corrected chi connectivity index (χ1v) is 8.24. The van der Waals surface area contributed by atoms with Gasteiger partial charge in [0, 0.05) is 11.1 Å². The van der Waals surface area contributed by atoms with Crippen molar-refractivity contribution in [3.8, 4) is 5.75 Å². The highest BCUT2D eigenvalue weighted by Crippen LogP contribution is 2.20. The van der Waals surface area contributed by atoms with Crippen LogP contribution >= 0.6 is 0 Å². The Morgan fingerprint density at radius 3 is 1.77 bits per heavy atom. The van der Waals surface area contributed by atoms with Crippen LogP contribution in [0, 0.1) is 0 Å². The highest BCUT2D eigenvalue weighted by molar-refractivity contribution is 6.33. The van der Waals surface area contributed by atoms with Crippen molar-refractivity contribution >= 4 is 17.6 Å². The summed E-state index contributed by atoms with van der Waals surface area (Å²) in [5.41, 5.74) is 1.81. The molecule has 3 heteroatoms. The number of rotatable bonds is 6. The molecule has 0 N–H and O–H groups in total. The molecular formula is C23H18O3. The van der Waals surface area contributed by atoms with Gasteiger partial charge in [-0.05, 0) is 23.8 Å². The number of carbonyl (C=O) groups excluding carboxylic acids is 2. The number of ether oxygens (including phenoxy) is 1. The summed E-state index contributed by atoms with van der Waals surface area (Å²) in [6.07, 6.45) is 1.62. The molecule has 26 heavy (non-hydrogen) atoms. The topological polar surface area (TPSA) is 43.4 Å². The van der Waals surface area contributed by atoms with Crippen LogP contribution in [0.1, 0.15) is 26.3 Å². The number of benzene rings is 3. The van der Waals surface area contributed by atoms with Crippen molar-refractivity contribution in [2.45, 2.75) is 0 Å². The Morgan fingerprint density at radius 2 is 1.27 bits per heavy atom. The Labute approximate surface area is 152 Å². The molecule has 0 radical (unpaired) electrons. The summed E-state index contributed by atoms with van der Waals surface area (Å²) in [6, 6.07) is 24.9. The first-order chi connectivity index (χ1) is 12.7. The quantitative estimate of drug-likeness (QED) is 0.278. The monoisotopic (exact) mass is 342 g/mol. The molecule has 3 aromatic carbocycles. The zero-order valence-electron chi connectivity index (χ0n) is 14.4. The molecule has 0 aliphatic heterocycles. The van der Waals surface area contributed by atoms with Gasteiger partial charge in [-0.25, -0.2) is 0 Å². The second-order valence-corrected chi connectivity index (χ2v) is 5.72. The van der Waals surface area contributed by atoms with E-state index in [1.165, 1.54) is 0 Å². The number of hydrogen-bond acceptors (Lipinski definition) is 3. The SMILES string of the molecule is COc1cccc(C=C(C(=O)c2ccccc2)C(=O)c2ccccc2)c1. The normalized spacial score (nSPS) is 10.0. The van der Waals surface area contributed by atoms with Gasteiger partial charge in [0.2, 0.25) is 0 Å². The van der Waals surface area contributed by atoms with E-state index >= 15 is 0 Å². The predicted octanol–water partition coefficient (Wildman–Crippen LogP) is 4.84. The Kier molecular flexibility index (Phi) is 5.40. The largest absolute Gasteiger partial charge is 0.497 e. The van der Waals surface area contributed by atoms with Gasteiger partial charge in [0.1, 0.15) is 5.75 Å². The van der Waals surface area contributed by atoms with Crippen molar-refractivity contribution in [2.24, 2.45) is 0 Å². The molecule has 0 aliphatic rings. The van der Waals surface area contributed by atoms with Crippen LogP contribution in [0.25, 0.3) is 6.08 Å². The van der Waals surface area contributed by atoms with E-state index in [1.807, 2.05) is 30.3 Å². The van der Waals surface area contributed by atoms with Crippen LogP contribution in [-0.4, -0.2) is 18.7 Å². The summed E-state index contributed by atoms with van der Waals surface area (Å²) < 4.78 is 5.23. The number of carbonyl (C=O) groups is 2. The minimum atomic E-state index is -0.303. The highest BCUT2D eigenvalue weighted by atomic mass is 16.5. The fourth-order valence-electron chi connectivity index (χ4n) is 2.62. The average Bonchev–Trinajstić information content (AvgIpc) is 2.72. The summed E-state index contributed by atoms with van der Waals surface area (Å²) in [5, 5.41) is 0. The van der Waals surface area contributed by atoms with Crippen molar-refractivity contribution in [2.75, 3.05) is 7.11 Å². The molecular weight excluding hydrogens is 324 g/mol. The van der Waals surface area contributed by atoms with Crippen molar-refractivity contribution in [3.05, 3.63) is 107 Å². The van der Waals surface area contributed by atoms with Gasteiger partial charge in [0.25, 0.3) is 0 Å². The van der Waals surface area contributed by atoms with E-state index < -0.39 is 0 Å². The van der Waals surface area contributed by atoms with Gasteiger partial charge in [-0.1, -0.05) is 72.8 Å². The van der Waals surface area contributed by atoms with Crippen molar-refractivity contribution in [1.82, 2.24) is 0 Å². The smallest absolute Gasteiger partial charge is 0.196 e. The zero-order valence-corrected chi connectivity index (χ0v) is 14.4. The second kappa shape index (κ2) is 8.08. The summed E-state index contributed by atoms with van der Waals surface area (Å²) in [6.45, 7) is 0. The van der Waals surface area contributed by atoms with Gasteiger partial charge in [0.05, 0.1) is 12.7 Å². The molecule has 3 rings (SSSR count). The standard InChI is InChI=1S/C23H18O3/c1-26-20-14-8-9-17(15-20)16-21(22(24)18-10-4-2-5-11-18)23(25)19-12-6-3-7-13-19/h2-16H,1H3. The predicted molar refractivity (Wildman–Crippen MR) is 103 cm³/mol. The van der Waals surface area contributed by atoms with Crippen LogP contribution < -0.4 is 4.74 Å². The Balaban J connectivity index is 2.08. The minimum absolute atomic E-state index is 0.121. The first kappa shape index (κ1) is 17.4. The fraction of sp³-hybridized carbons (Fsp3) is 0.0435. The molecule has 0 spiro atoms. The number of allylic oxidation sites excluding steroid dienone is 1. The van der Waals surface area contributed by atoms with E-state index in [0.29, 0.717) is 16.9 Å². The lowest BCUT2D eigenvalue weighted by atomic mass is 9.94. The molecule has 0 aliphatic carbocycles. The Morgan fingerprint density at radius 1 is 0.731 bits per heavy atom. The molecule has 3 aromatic rings. The lowest BCUT2D eigenvalue weighted by Crippen LogP contribution is -2.13. The van der Waals surface area contributed by atoms with Crippen LogP contribution in [0.2, 0.25) is 0 Å². The van der Waals surface area contributed by atoms with Crippen LogP contribution in [0.4, 0.5) is 0 Å². The van der Waals surface area contributed by atoms with E-state index in [4.69, 9.17) is 4.74 Å². The molecule has 0 saturated carbocycles. The zero-order chi connectivity index (χ0) is 18.4. The fourth-order valence-corrected chi connectivity index (χ4v) is 2.62. The lowest BCUT2D eigenvalue weighted by molar-refractivity contribution is 0.0964. The van der Waals surface area contributed by atoms with E-state index in [0.717, 1.165) is 5.56 Å². The van der Waals surface area contributed by atoms with Crippen LogP contribution in [-0.2, 0) is 0 Å². The van der Waals surface area contributed by atoms with Crippen molar-refractivity contribution in [1.29, 1.82) is 0 Å². The van der Waals surface area contributed by atoms with Crippen molar-refractivity contribution < 1.29 is 14.3 Å². The Bertz CT molecular complexity index is 888. The van der Waals surface area contributed by atoms with Crippen LogP contribution in [0.3, 0.4) is 0 Å². The summed E-state index contributed by atoms with van der Waals surface area (Å²) in [4.78, 5) is 26.0. The molecule has 0 aromatic heterocycles. The third kappa shape index (κ3) is 3.95. The maximum atomic E-state index is 13.0. The van der Waals surface area contributed by atoms with Gasteiger partial charge in [-0.2, -0.15) is 0 Å². The van der Waals surface area contributed by atoms with E-state index in [9.17, 15) is 9.59 Å². The molecule has 0 amide bonds. The molecule has 0 saturated heterocycles. The third-order valence-electron chi connectivity index (χ3n) is 3.97. The van der Waals surface area contributed by atoms with Gasteiger partial charge >= 0.3 is 0 Å². The number of Topliss-reactive ketones (excluding diaryl/α,β-unsaturated/α-hetero) is 2. The van der Waals surface area contributed by atoms with Gasteiger partial charge in [0.15, 0.2) is 11.6 Å². The maximum absolute atomic E-state index is 13.0. The maximum Gasteiger partial charge on any atom is 0.196 e. The molecule has 0 heterocycles. The summed E-state index contributed by atoms with van der Waals surface area (Å²) >= 11 is 0. The van der Waals surface area contributed by atoms with Gasteiger partial charge in [-0.3, -0.25) is 9.59 Å². The summed E-state index contributed by atoms with van der Waals surface area (Å²) in [7, 11) is 1.58. The van der Waals surface area contributed by atoms with Crippen LogP contribution in [0.15, 0.2) is 90.5 Å². The molecule has 0 fully saturated rings. The number of hydrogen-bond donors (Lipinski definition) is 0. The first-order valence-electron chi connectivity index (χ1n) is 8.24. The van der Waals surface area contributed by atoms with E-state index in [2.05, 4.69) is 0 Å². The second-order valence-electron chi connectivity index (χ2n) is 5.72. The minimum Gasteiger partial charge on any atom is -0.497 e. The average molecular weight is 342 g/mol. The third-order valence-corrected chi connectivity index (χ3v) is 3.97. The molecule has 0 bridgehead atoms. The highest BCUT2D eigenvalue weighted by Gasteiger charge is 2.21. The van der Waals surface area contributed by atoms with Gasteiger partial charge < -0.3 is 4.74 Å². The van der Waals surface area contributed by atoms with Crippen LogP contribution in [0.5, 0.6) is 5.75 Å². The molecule has 0 unspecified atom stereocenters. The molecule has 0 atom stereocenters. The summed E-state index contributed by atoms with van der Waals surface area (Å²) in [5.74, 6) is 0.0574. The Hall–Kier alpha value is -3.46. The van der Waals surface area contributed by atoms with Gasteiger partial charge in [-0.15, -0.1) is 0 Å². The molecule has 128 valence electrons.